The second-order valence-electron chi connectivity index (χ2n) is 6.67. The van der Waals surface area contributed by atoms with Gasteiger partial charge in [0.05, 0.1) is 18.3 Å². The van der Waals surface area contributed by atoms with Gasteiger partial charge >= 0.3 is 5.97 Å². The minimum atomic E-state index is -1.02. The van der Waals surface area contributed by atoms with Crippen LogP contribution in [0.3, 0.4) is 0 Å². The molecule has 4 bridgehead atoms. The lowest BCUT2D eigenvalue weighted by Gasteiger charge is -2.47. The molecule has 2 heterocycles. The van der Waals surface area contributed by atoms with Crippen molar-refractivity contribution in [1.82, 2.24) is 0 Å². The summed E-state index contributed by atoms with van der Waals surface area (Å²) in [6.45, 7) is 4.16. The van der Waals surface area contributed by atoms with E-state index >= 15 is 0 Å². The number of carbonyl (C=O) groups excluding carboxylic acids is 2. The van der Waals surface area contributed by atoms with Crippen LogP contribution in [0.4, 0.5) is 0 Å². The molecule has 1 saturated carbocycles. The summed E-state index contributed by atoms with van der Waals surface area (Å²) >= 11 is 0. The van der Waals surface area contributed by atoms with Crippen LogP contribution < -0.4 is 0 Å². The van der Waals surface area contributed by atoms with Crippen molar-refractivity contribution in [3.63, 3.8) is 0 Å². The zero-order valence-electron chi connectivity index (χ0n) is 12.4. The lowest BCUT2D eigenvalue weighted by molar-refractivity contribution is -0.199. The molecule has 4 nitrogen and oxygen atoms in total. The Hall–Kier alpha value is -0.900. The van der Waals surface area contributed by atoms with E-state index in [-0.39, 0.29) is 29.4 Å². The lowest BCUT2D eigenvalue weighted by Crippen LogP contribution is -2.60. The molecule has 3 fully saturated rings. The number of esters is 1. The quantitative estimate of drug-likeness (QED) is 0.576. The Labute approximate surface area is 120 Å². The van der Waals surface area contributed by atoms with Gasteiger partial charge in [0, 0.05) is 5.92 Å². The molecule has 2 aliphatic heterocycles. The molecule has 0 unspecified atom stereocenters. The lowest BCUT2D eigenvalue weighted by atomic mass is 9.64. The summed E-state index contributed by atoms with van der Waals surface area (Å²) in [5, 5.41) is 0. The van der Waals surface area contributed by atoms with Crippen LogP contribution in [0.1, 0.15) is 58.8 Å². The molecule has 0 aromatic heterocycles. The normalized spacial score (nSPS) is 43.8. The molecule has 0 aromatic carbocycles. The first-order valence-corrected chi connectivity index (χ1v) is 7.94. The van der Waals surface area contributed by atoms with E-state index in [0.717, 1.165) is 38.5 Å². The summed E-state index contributed by atoms with van der Waals surface area (Å²) in [5.74, 6) is -0.372. The van der Waals surface area contributed by atoms with Crippen molar-refractivity contribution >= 4 is 11.8 Å². The van der Waals surface area contributed by atoms with Crippen LogP contribution in [0.2, 0.25) is 0 Å². The monoisotopic (exact) mass is 280 g/mol. The molecule has 4 atom stereocenters. The maximum Gasteiger partial charge on any atom is 0.322 e. The molecule has 4 heteroatoms. The third-order valence-corrected chi connectivity index (χ3v) is 5.56. The fourth-order valence-corrected chi connectivity index (χ4v) is 4.45. The molecule has 0 aromatic rings. The highest BCUT2D eigenvalue weighted by Crippen LogP contribution is 2.55. The van der Waals surface area contributed by atoms with Crippen LogP contribution >= 0.6 is 0 Å². The Morgan fingerprint density at radius 3 is 2.85 bits per heavy atom. The number of ether oxygens (including phenoxy) is 2. The Morgan fingerprint density at radius 1 is 1.30 bits per heavy atom. The number of rotatable bonds is 2. The van der Waals surface area contributed by atoms with Crippen molar-refractivity contribution in [3.8, 4) is 0 Å². The van der Waals surface area contributed by atoms with Gasteiger partial charge < -0.3 is 9.47 Å². The van der Waals surface area contributed by atoms with Crippen LogP contribution in [-0.2, 0) is 19.1 Å². The SMILES string of the molecule is CCOC(=O)[C@]12CCCCC[C@H](C1=O)[C@]1(C)CC[C@H]2O1. The van der Waals surface area contributed by atoms with Crippen molar-refractivity contribution in [2.75, 3.05) is 6.61 Å². The van der Waals surface area contributed by atoms with Crippen LogP contribution in [0, 0.1) is 11.3 Å². The standard InChI is InChI=1S/C16H24O4/c1-3-19-14(18)16-9-6-4-5-7-11(13(16)17)15(2)10-8-12(16)20-15/h11-12H,3-10H2,1-2H3/t11-,12-,15+,16+/m1/s1. The predicted molar refractivity (Wildman–Crippen MR) is 73.2 cm³/mol. The van der Waals surface area contributed by atoms with Gasteiger partial charge in [-0.1, -0.05) is 19.3 Å². The summed E-state index contributed by atoms with van der Waals surface area (Å²) in [6.07, 6.45) is 5.92. The van der Waals surface area contributed by atoms with Gasteiger partial charge in [-0.2, -0.15) is 0 Å². The van der Waals surface area contributed by atoms with Gasteiger partial charge in [0.2, 0.25) is 0 Å². The summed E-state index contributed by atoms with van der Waals surface area (Å²) < 4.78 is 11.5. The maximum atomic E-state index is 13.1. The van der Waals surface area contributed by atoms with E-state index in [0.29, 0.717) is 13.0 Å². The third-order valence-electron chi connectivity index (χ3n) is 5.56. The number of ketones is 1. The summed E-state index contributed by atoms with van der Waals surface area (Å²) in [5.41, 5.74) is -1.37. The Bertz CT molecular complexity index is 432. The van der Waals surface area contributed by atoms with Crippen molar-refractivity contribution in [3.05, 3.63) is 0 Å². The molecular formula is C16H24O4. The zero-order valence-corrected chi connectivity index (χ0v) is 12.4. The van der Waals surface area contributed by atoms with Crippen molar-refractivity contribution < 1.29 is 19.1 Å². The second kappa shape index (κ2) is 4.83. The van der Waals surface area contributed by atoms with E-state index in [9.17, 15) is 9.59 Å². The number of hydrogen-bond donors (Lipinski definition) is 0. The minimum Gasteiger partial charge on any atom is -0.465 e. The molecule has 0 amide bonds. The first-order valence-electron chi connectivity index (χ1n) is 7.94. The average Bonchev–Trinajstić information content (AvgIpc) is 2.75. The number of fused-ring (bicyclic) bond motifs is 6. The van der Waals surface area contributed by atoms with Crippen LogP contribution in [0.25, 0.3) is 0 Å². The van der Waals surface area contributed by atoms with E-state index in [2.05, 4.69) is 0 Å². The highest BCUT2D eigenvalue weighted by Gasteiger charge is 2.66. The van der Waals surface area contributed by atoms with E-state index < -0.39 is 5.41 Å². The van der Waals surface area contributed by atoms with Gasteiger partial charge in [-0.05, 0) is 39.5 Å². The topological polar surface area (TPSA) is 52.6 Å². The van der Waals surface area contributed by atoms with E-state index in [1.807, 2.05) is 6.92 Å². The average molecular weight is 280 g/mol. The van der Waals surface area contributed by atoms with Gasteiger partial charge in [0.15, 0.2) is 11.2 Å². The van der Waals surface area contributed by atoms with Crippen LogP contribution in [0.5, 0.6) is 0 Å². The van der Waals surface area contributed by atoms with E-state index in [4.69, 9.17) is 9.47 Å². The molecule has 0 N–H and O–H groups in total. The van der Waals surface area contributed by atoms with Gasteiger partial charge in [0.1, 0.15) is 0 Å². The Kier molecular flexibility index (Phi) is 3.39. The first-order chi connectivity index (χ1) is 9.54. The van der Waals surface area contributed by atoms with Crippen LogP contribution in [0.15, 0.2) is 0 Å². The van der Waals surface area contributed by atoms with Gasteiger partial charge in [-0.3, -0.25) is 9.59 Å². The van der Waals surface area contributed by atoms with E-state index in [1.54, 1.807) is 6.92 Å². The zero-order chi connectivity index (χ0) is 14.4. The Morgan fingerprint density at radius 2 is 2.10 bits per heavy atom. The molecule has 2 saturated heterocycles. The fourth-order valence-electron chi connectivity index (χ4n) is 4.45. The smallest absolute Gasteiger partial charge is 0.322 e. The van der Waals surface area contributed by atoms with Gasteiger partial charge in [-0.25, -0.2) is 0 Å². The second-order valence-corrected chi connectivity index (χ2v) is 6.67. The number of hydrogen-bond acceptors (Lipinski definition) is 4. The molecule has 3 rings (SSSR count). The number of carbonyl (C=O) groups is 2. The van der Waals surface area contributed by atoms with E-state index in [1.165, 1.54) is 0 Å². The summed E-state index contributed by atoms with van der Waals surface area (Å²) in [6, 6.07) is 0. The highest BCUT2D eigenvalue weighted by molar-refractivity contribution is 6.07. The molecule has 20 heavy (non-hydrogen) atoms. The molecule has 1 aliphatic carbocycles. The molecule has 0 radical (unpaired) electrons. The van der Waals surface area contributed by atoms with Crippen molar-refractivity contribution in [1.29, 1.82) is 0 Å². The van der Waals surface area contributed by atoms with Crippen LogP contribution in [-0.4, -0.2) is 30.1 Å². The van der Waals surface area contributed by atoms with Crippen molar-refractivity contribution in [2.45, 2.75) is 70.5 Å². The molecular weight excluding hydrogens is 256 g/mol. The van der Waals surface area contributed by atoms with Gasteiger partial charge in [0.25, 0.3) is 0 Å². The van der Waals surface area contributed by atoms with Crippen molar-refractivity contribution in [2.24, 2.45) is 11.3 Å². The van der Waals surface area contributed by atoms with Gasteiger partial charge in [-0.15, -0.1) is 0 Å². The third kappa shape index (κ3) is 1.77. The maximum absolute atomic E-state index is 13.1. The Balaban J connectivity index is 2.04. The molecule has 0 spiro atoms. The largest absolute Gasteiger partial charge is 0.465 e. The molecule has 112 valence electrons. The fraction of sp³-hybridized carbons (Fsp3) is 0.875. The summed E-state index contributed by atoms with van der Waals surface area (Å²) in [4.78, 5) is 25.7. The first kappa shape index (κ1) is 14.1. The number of Topliss-reactive ketones (excluding diaryl/α,β-unsaturated/α-hetero) is 1. The highest BCUT2D eigenvalue weighted by atomic mass is 16.5. The molecule has 3 aliphatic rings. The minimum absolute atomic E-state index is 0.104. The summed E-state index contributed by atoms with van der Waals surface area (Å²) in [7, 11) is 0. The predicted octanol–water partition coefficient (Wildman–Crippen LogP) is 2.64.